The van der Waals surface area contributed by atoms with Gasteiger partial charge in [0.25, 0.3) is 0 Å². The van der Waals surface area contributed by atoms with Gasteiger partial charge in [0.05, 0.1) is 0 Å². The molecule has 21 heavy (non-hydrogen) atoms. The van der Waals surface area contributed by atoms with E-state index in [9.17, 15) is 0 Å². The molecule has 114 valence electrons. The van der Waals surface area contributed by atoms with Gasteiger partial charge in [0, 0.05) is 37.4 Å². The molecular formula is C18H27N3. The zero-order valence-corrected chi connectivity index (χ0v) is 12.9. The van der Waals surface area contributed by atoms with E-state index in [1.807, 2.05) is 0 Å². The first kappa shape index (κ1) is 13.6. The summed E-state index contributed by atoms with van der Waals surface area (Å²) < 4.78 is 0. The molecule has 1 aliphatic carbocycles. The van der Waals surface area contributed by atoms with Crippen molar-refractivity contribution in [2.45, 2.75) is 50.7 Å². The summed E-state index contributed by atoms with van der Waals surface area (Å²) in [7, 11) is 0. The molecule has 0 bridgehead atoms. The van der Waals surface area contributed by atoms with Crippen LogP contribution in [-0.2, 0) is 6.54 Å². The van der Waals surface area contributed by atoms with Gasteiger partial charge in [0.2, 0.25) is 0 Å². The Balaban J connectivity index is 1.34. The van der Waals surface area contributed by atoms with Crippen molar-refractivity contribution in [2.75, 3.05) is 31.5 Å². The van der Waals surface area contributed by atoms with Crippen LogP contribution in [0.25, 0.3) is 0 Å². The molecule has 1 N–H and O–H groups in total. The maximum absolute atomic E-state index is 3.76. The molecule has 0 amide bonds. The van der Waals surface area contributed by atoms with Gasteiger partial charge in [-0.25, -0.2) is 0 Å². The second-order valence-corrected chi connectivity index (χ2v) is 7.04. The summed E-state index contributed by atoms with van der Waals surface area (Å²) in [6, 6.07) is 10.6. The van der Waals surface area contributed by atoms with Crippen molar-refractivity contribution < 1.29 is 0 Å². The first-order valence-corrected chi connectivity index (χ1v) is 8.69. The van der Waals surface area contributed by atoms with Crippen molar-refractivity contribution in [3.05, 3.63) is 29.8 Å². The summed E-state index contributed by atoms with van der Waals surface area (Å²) >= 11 is 0. The molecule has 0 spiro atoms. The van der Waals surface area contributed by atoms with E-state index in [-0.39, 0.29) is 0 Å². The fourth-order valence-electron chi connectivity index (χ4n) is 3.87. The molecule has 3 fully saturated rings. The van der Waals surface area contributed by atoms with Crippen LogP contribution < -0.4 is 5.32 Å². The van der Waals surface area contributed by atoms with Gasteiger partial charge in [0.15, 0.2) is 0 Å². The quantitative estimate of drug-likeness (QED) is 0.897. The van der Waals surface area contributed by atoms with Crippen molar-refractivity contribution in [3.63, 3.8) is 0 Å². The van der Waals surface area contributed by atoms with Gasteiger partial charge in [-0.2, -0.15) is 0 Å². The van der Waals surface area contributed by atoms with Crippen LogP contribution in [0.2, 0.25) is 0 Å². The van der Waals surface area contributed by atoms with E-state index in [0.29, 0.717) is 6.04 Å². The Morgan fingerprint density at radius 2 is 1.90 bits per heavy atom. The van der Waals surface area contributed by atoms with Crippen LogP contribution in [0, 0.1) is 0 Å². The van der Waals surface area contributed by atoms with Gasteiger partial charge in [0.1, 0.15) is 0 Å². The Morgan fingerprint density at radius 1 is 1.05 bits per heavy atom. The first-order chi connectivity index (χ1) is 10.4. The number of hydrogen-bond acceptors (Lipinski definition) is 3. The predicted octanol–water partition coefficient (Wildman–Crippen LogP) is 2.93. The third kappa shape index (κ3) is 3.41. The molecule has 0 radical (unpaired) electrons. The number of nitrogens with one attached hydrogen (secondary N) is 1. The molecule has 3 aliphatic rings. The maximum atomic E-state index is 3.76. The Hall–Kier alpha value is -1.06. The summed E-state index contributed by atoms with van der Waals surface area (Å²) in [4.78, 5) is 5.25. The minimum Gasteiger partial charge on any atom is -0.381 e. The molecular weight excluding hydrogens is 258 g/mol. The van der Waals surface area contributed by atoms with E-state index in [1.165, 1.54) is 69.5 Å². The molecule has 1 saturated carbocycles. The van der Waals surface area contributed by atoms with E-state index >= 15 is 0 Å². The van der Waals surface area contributed by atoms with E-state index in [0.717, 1.165) is 12.6 Å². The fraction of sp³-hybridized carbons (Fsp3) is 0.667. The zero-order chi connectivity index (χ0) is 14.1. The average molecular weight is 285 g/mol. The lowest BCUT2D eigenvalue weighted by atomic mass is 10.1. The summed E-state index contributed by atoms with van der Waals surface area (Å²) in [5.74, 6) is 0. The normalized spacial score (nSPS) is 27.3. The second kappa shape index (κ2) is 5.98. The first-order valence-electron chi connectivity index (χ1n) is 8.69. The van der Waals surface area contributed by atoms with E-state index in [1.54, 1.807) is 0 Å². The van der Waals surface area contributed by atoms with E-state index < -0.39 is 0 Å². The summed E-state index contributed by atoms with van der Waals surface area (Å²) in [6.45, 7) is 6.19. The highest BCUT2D eigenvalue weighted by atomic mass is 15.2. The molecule has 1 aromatic rings. The molecule has 1 atom stereocenters. The third-order valence-electron chi connectivity index (χ3n) is 5.19. The molecule has 1 aromatic carbocycles. The van der Waals surface area contributed by atoms with Gasteiger partial charge in [-0.05, 0) is 62.9 Å². The number of nitrogens with zero attached hydrogens (tertiary/aromatic N) is 2. The molecule has 2 heterocycles. The highest BCUT2D eigenvalue weighted by Crippen LogP contribution is 2.30. The maximum Gasteiger partial charge on any atom is 0.0400 e. The second-order valence-electron chi connectivity index (χ2n) is 7.04. The number of likely N-dealkylation sites (tertiary alicyclic amines) is 2. The van der Waals surface area contributed by atoms with Crippen molar-refractivity contribution in [1.82, 2.24) is 9.80 Å². The number of benzene rings is 1. The molecule has 4 rings (SSSR count). The van der Waals surface area contributed by atoms with Crippen LogP contribution in [0.4, 0.5) is 5.69 Å². The van der Waals surface area contributed by atoms with E-state index in [2.05, 4.69) is 39.4 Å². The van der Waals surface area contributed by atoms with Crippen LogP contribution in [0.15, 0.2) is 24.3 Å². The minimum absolute atomic E-state index is 0.646. The SMILES string of the molecule is c1cc(CN2CCCC2)cc(NC2CCN(C3CC3)C2)c1. The molecule has 1 unspecified atom stereocenters. The van der Waals surface area contributed by atoms with Crippen LogP contribution >= 0.6 is 0 Å². The lowest BCUT2D eigenvalue weighted by molar-refractivity contribution is 0.326. The largest absolute Gasteiger partial charge is 0.381 e. The highest BCUT2D eigenvalue weighted by Gasteiger charge is 2.34. The van der Waals surface area contributed by atoms with Gasteiger partial charge < -0.3 is 5.32 Å². The fourth-order valence-corrected chi connectivity index (χ4v) is 3.87. The van der Waals surface area contributed by atoms with Crippen LogP contribution in [0.5, 0.6) is 0 Å². The smallest absolute Gasteiger partial charge is 0.0400 e. The van der Waals surface area contributed by atoms with Gasteiger partial charge >= 0.3 is 0 Å². The Morgan fingerprint density at radius 3 is 2.71 bits per heavy atom. The third-order valence-corrected chi connectivity index (χ3v) is 5.19. The Labute approximate surface area is 128 Å². The lowest BCUT2D eigenvalue weighted by Crippen LogP contribution is -2.27. The predicted molar refractivity (Wildman–Crippen MR) is 87.6 cm³/mol. The molecule has 0 aromatic heterocycles. The van der Waals surface area contributed by atoms with Gasteiger partial charge in [-0.1, -0.05) is 12.1 Å². The summed E-state index contributed by atoms with van der Waals surface area (Å²) in [5, 5.41) is 3.76. The van der Waals surface area contributed by atoms with Crippen molar-refractivity contribution in [1.29, 1.82) is 0 Å². The van der Waals surface area contributed by atoms with Crippen molar-refractivity contribution in [2.24, 2.45) is 0 Å². The van der Waals surface area contributed by atoms with Crippen LogP contribution in [0.3, 0.4) is 0 Å². The van der Waals surface area contributed by atoms with Gasteiger partial charge in [-0.3, -0.25) is 9.80 Å². The van der Waals surface area contributed by atoms with Gasteiger partial charge in [-0.15, -0.1) is 0 Å². The average Bonchev–Trinajstić information content (AvgIpc) is 3.02. The molecule has 2 aliphatic heterocycles. The monoisotopic (exact) mass is 285 g/mol. The molecule has 2 saturated heterocycles. The Bertz CT molecular complexity index is 477. The number of hydrogen-bond donors (Lipinski definition) is 1. The number of rotatable bonds is 5. The standard InChI is InChI=1S/C18H27N3/c1-2-10-20(9-1)13-15-4-3-5-16(12-15)19-17-8-11-21(14-17)18-6-7-18/h3-5,12,17-19H,1-2,6-11,13-14H2. The Kier molecular flexibility index (Phi) is 3.87. The number of anilines is 1. The van der Waals surface area contributed by atoms with Crippen molar-refractivity contribution >= 4 is 5.69 Å². The molecule has 3 nitrogen and oxygen atoms in total. The lowest BCUT2D eigenvalue weighted by Gasteiger charge is -2.18. The summed E-state index contributed by atoms with van der Waals surface area (Å²) in [5.41, 5.74) is 2.77. The van der Waals surface area contributed by atoms with Crippen LogP contribution in [-0.4, -0.2) is 48.1 Å². The van der Waals surface area contributed by atoms with Crippen molar-refractivity contribution in [3.8, 4) is 0 Å². The topological polar surface area (TPSA) is 18.5 Å². The molecule has 3 heteroatoms. The highest BCUT2D eigenvalue weighted by molar-refractivity contribution is 5.46. The van der Waals surface area contributed by atoms with Crippen LogP contribution in [0.1, 0.15) is 37.7 Å². The zero-order valence-electron chi connectivity index (χ0n) is 12.9. The summed E-state index contributed by atoms with van der Waals surface area (Å²) in [6.07, 6.45) is 6.90. The minimum atomic E-state index is 0.646. The van der Waals surface area contributed by atoms with E-state index in [4.69, 9.17) is 0 Å².